The number of ether oxygens (including phenoxy) is 1. The summed E-state index contributed by atoms with van der Waals surface area (Å²) in [6.07, 6.45) is 2.37. The van der Waals surface area contributed by atoms with Crippen LogP contribution in [0.1, 0.15) is 20.8 Å². The summed E-state index contributed by atoms with van der Waals surface area (Å²) in [6, 6.07) is 3.20. The van der Waals surface area contributed by atoms with E-state index >= 15 is 0 Å². The maximum absolute atomic E-state index is 12.2. The highest BCUT2D eigenvalue weighted by Gasteiger charge is 2.26. The molecule has 2 N–H and O–H groups in total. The molecule has 0 fully saturated rings. The molecule has 2 aromatic rings. The first-order valence-electron chi connectivity index (χ1n) is 5.84. The maximum atomic E-state index is 12.2. The second-order valence-corrected chi connectivity index (χ2v) is 5.19. The van der Waals surface area contributed by atoms with Crippen LogP contribution in [0.5, 0.6) is 0 Å². The van der Waals surface area contributed by atoms with Crippen molar-refractivity contribution in [2.24, 2.45) is 0 Å². The van der Waals surface area contributed by atoms with Gasteiger partial charge >= 0.3 is 13.2 Å². The Labute approximate surface area is 110 Å². The zero-order valence-corrected chi connectivity index (χ0v) is 11.0. The zero-order chi connectivity index (χ0) is 14.2. The van der Waals surface area contributed by atoms with E-state index < -0.39 is 18.8 Å². The number of rotatable bonds is 1. The molecule has 0 atom stereocenters. The van der Waals surface area contributed by atoms with E-state index in [1.165, 1.54) is 12.3 Å². The lowest BCUT2D eigenvalue weighted by Gasteiger charge is -2.20. The number of fused-ring (bicyclic) bond motifs is 1. The number of aromatic nitrogens is 2. The molecule has 0 amide bonds. The standard InChI is InChI=1S/C12H15BN2O4/c1-12(2,3)19-11(16)15-9-7-14-5-4-8(9)6-10(15)13(17)18/h4-7,17-18H,1-3H3. The molecule has 2 heterocycles. The van der Waals surface area contributed by atoms with Crippen LogP contribution in [0.2, 0.25) is 0 Å². The van der Waals surface area contributed by atoms with Crippen LogP contribution in [0.25, 0.3) is 10.9 Å². The second kappa shape index (κ2) is 4.67. The Morgan fingerprint density at radius 1 is 1.42 bits per heavy atom. The minimum Gasteiger partial charge on any atom is -0.443 e. The molecule has 0 bridgehead atoms. The van der Waals surface area contributed by atoms with Gasteiger partial charge in [-0.15, -0.1) is 0 Å². The van der Waals surface area contributed by atoms with Crippen LogP contribution in [0.4, 0.5) is 4.79 Å². The second-order valence-electron chi connectivity index (χ2n) is 5.19. The number of carbonyl (C=O) groups is 1. The van der Waals surface area contributed by atoms with Crippen LogP contribution in [0.15, 0.2) is 24.5 Å². The molecule has 0 spiro atoms. The Balaban J connectivity index is 2.56. The Morgan fingerprint density at radius 3 is 2.68 bits per heavy atom. The number of nitrogens with zero attached hydrogens (tertiary/aromatic N) is 2. The minimum absolute atomic E-state index is 0.0530. The fourth-order valence-electron chi connectivity index (χ4n) is 1.77. The molecule has 0 aliphatic carbocycles. The van der Waals surface area contributed by atoms with Crippen molar-refractivity contribution in [1.29, 1.82) is 0 Å². The third-order valence-corrected chi connectivity index (χ3v) is 2.48. The fourth-order valence-corrected chi connectivity index (χ4v) is 1.77. The Bertz CT molecular complexity index is 616. The van der Waals surface area contributed by atoms with E-state index in [1.807, 2.05) is 0 Å². The molecule has 0 unspecified atom stereocenters. The molecule has 0 saturated heterocycles. The molecule has 19 heavy (non-hydrogen) atoms. The highest BCUT2D eigenvalue weighted by atomic mass is 16.6. The van der Waals surface area contributed by atoms with E-state index in [4.69, 9.17) is 4.74 Å². The summed E-state index contributed by atoms with van der Waals surface area (Å²) in [4.78, 5) is 16.1. The van der Waals surface area contributed by atoms with Gasteiger partial charge in [-0.1, -0.05) is 0 Å². The lowest BCUT2D eigenvalue weighted by Crippen LogP contribution is -2.41. The SMILES string of the molecule is CC(C)(C)OC(=O)n1c(B(O)O)cc2ccncc21. The van der Waals surface area contributed by atoms with Gasteiger partial charge in [-0.25, -0.2) is 4.79 Å². The molecule has 0 radical (unpaired) electrons. The van der Waals surface area contributed by atoms with Crippen molar-refractivity contribution in [3.63, 3.8) is 0 Å². The first-order chi connectivity index (χ1) is 8.79. The van der Waals surface area contributed by atoms with Gasteiger partial charge in [0.05, 0.1) is 17.3 Å². The van der Waals surface area contributed by atoms with Crippen LogP contribution in [-0.2, 0) is 4.74 Å². The van der Waals surface area contributed by atoms with Crippen LogP contribution in [0, 0.1) is 0 Å². The molecule has 6 nitrogen and oxygen atoms in total. The number of pyridine rings is 1. The van der Waals surface area contributed by atoms with Crippen LogP contribution >= 0.6 is 0 Å². The predicted molar refractivity (Wildman–Crippen MR) is 71.2 cm³/mol. The van der Waals surface area contributed by atoms with Gasteiger partial charge in [0, 0.05) is 11.6 Å². The molecular weight excluding hydrogens is 247 g/mol. The van der Waals surface area contributed by atoms with Gasteiger partial charge in [-0.2, -0.15) is 0 Å². The number of hydrogen-bond acceptors (Lipinski definition) is 5. The van der Waals surface area contributed by atoms with Gasteiger partial charge in [0.2, 0.25) is 0 Å². The van der Waals surface area contributed by atoms with Gasteiger partial charge < -0.3 is 14.8 Å². The summed E-state index contributed by atoms with van der Waals surface area (Å²) >= 11 is 0. The lowest BCUT2D eigenvalue weighted by atomic mass is 9.86. The predicted octanol–water partition coefficient (Wildman–Crippen LogP) is 0.499. The third-order valence-electron chi connectivity index (χ3n) is 2.48. The molecule has 2 aromatic heterocycles. The molecule has 0 aliphatic rings. The molecule has 0 saturated carbocycles. The van der Waals surface area contributed by atoms with Gasteiger partial charge in [-0.05, 0) is 32.9 Å². The zero-order valence-electron chi connectivity index (χ0n) is 11.0. The average molecular weight is 262 g/mol. The van der Waals surface area contributed by atoms with E-state index in [1.54, 1.807) is 33.0 Å². The van der Waals surface area contributed by atoms with Gasteiger partial charge in [-0.3, -0.25) is 9.55 Å². The van der Waals surface area contributed by atoms with E-state index in [0.29, 0.717) is 10.9 Å². The van der Waals surface area contributed by atoms with Crippen LogP contribution in [-0.4, -0.2) is 38.4 Å². The van der Waals surface area contributed by atoms with Gasteiger partial charge in [0.25, 0.3) is 0 Å². The fraction of sp³-hybridized carbons (Fsp3) is 0.333. The Kier molecular flexibility index (Phi) is 3.34. The maximum Gasteiger partial charge on any atom is 0.506 e. The Morgan fingerprint density at radius 2 is 2.11 bits per heavy atom. The lowest BCUT2D eigenvalue weighted by molar-refractivity contribution is 0.0547. The molecule has 100 valence electrons. The largest absolute Gasteiger partial charge is 0.506 e. The first-order valence-corrected chi connectivity index (χ1v) is 5.84. The summed E-state index contributed by atoms with van der Waals surface area (Å²) in [5.41, 5.74) is -0.148. The molecule has 7 heteroatoms. The van der Waals surface area contributed by atoms with Crippen molar-refractivity contribution in [3.8, 4) is 0 Å². The minimum atomic E-state index is -1.76. The molecular formula is C12H15BN2O4. The first kappa shape index (κ1) is 13.6. The molecule has 0 aromatic carbocycles. The van der Waals surface area contributed by atoms with Crippen molar-refractivity contribution in [2.45, 2.75) is 26.4 Å². The number of carbonyl (C=O) groups excluding carboxylic acids is 1. The van der Waals surface area contributed by atoms with E-state index in [-0.39, 0.29) is 5.59 Å². The van der Waals surface area contributed by atoms with Gasteiger partial charge in [0.1, 0.15) is 5.60 Å². The average Bonchev–Trinajstić information content (AvgIpc) is 2.65. The monoisotopic (exact) mass is 262 g/mol. The van der Waals surface area contributed by atoms with Crippen LogP contribution in [0.3, 0.4) is 0 Å². The highest BCUT2D eigenvalue weighted by molar-refractivity contribution is 6.59. The summed E-state index contributed by atoms with van der Waals surface area (Å²) < 4.78 is 6.38. The third kappa shape index (κ3) is 2.77. The Hall–Kier alpha value is -1.86. The number of hydrogen-bond donors (Lipinski definition) is 2. The quantitative estimate of drug-likeness (QED) is 0.731. The smallest absolute Gasteiger partial charge is 0.443 e. The topological polar surface area (TPSA) is 84.6 Å². The van der Waals surface area contributed by atoms with Crippen molar-refractivity contribution < 1.29 is 19.6 Å². The highest BCUT2D eigenvalue weighted by Crippen LogP contribution is 2.16. The van der Waals surface area contributed by atoms with Crippen LogP contribution < -0.4 is 5.59 Å². The van der Waals surface area contributed by atoms with Crippen molar-refractivity contribution in [1.82, 2.24) is 9.55 Å². The van der Waals surface area contributed by atoms with Crippen molar-refractivity contribution in [2.75, 3.05) is 0 Å². The van der Waals surface area contributed by atoms with Crippen molar-refractivity contribution in [3.05, 3.63) is 24.5 Å². The van der Waals surface area contributed by atoms with E-state index in [9.17, 15) is 14.8 Å². The van der Waals surface area contributed by atoms with E-state index in [2.05, 4.69) is 4.98 Å². The van der Waals surface area contributed by atoms with Gasteiger partial charge in [0.15, 0.2) is 0 Å². The summed E-state index contributed by atoms with van der Waals surface area (Å²) in [6.45, 7) is 5.22. The van der Waals surface area contributed by atoms with Crippen molar-refractivity contribution >= 4 is 29.7 Å². The summed E-state index contributed by atoms with van der Waals surface area (Å²) in [5.74, 6) is 0. The molecule has 2 rings (SSSR count). The molecule has 0 aliphatic heterocycles. The normalized spacial score (nSPS) is 11.6. The summed E-state index contributed by atoms with van der Waals surface area (Å²) in [7, 11) is -1.76. The summed E-state index contributed by atoms with van der Waals surface area (Å²) in [5, 5.41) is 19.4. The van der Waals surface area contributed by atoms with E-state index in [0.717, 1.165) is 4.57 Å².